The molecule has 8 heteroatoms. The highest BCUT2D eigenvalue weighted by atomic mass is 16.3. The number of aromatic nitrogens is 7. The van der Waals surface area contributed by atoms with Gasteiger partial charge < -0.3 is 8.98 Å². The number of imidazole rings is 1. The van der Waals surface area contributed by atoms with Gasteiger partial charge >= 0.3 is 0 Å². The van der Waals surface area contributed by atoms with Crippen molar-refractivity contribution >= 4 is 22.1 Å². The smallest absolute Gasteiger partial charge is 0.227 e. The molecule has 4 aromatic carbocycles. The summed E-state index contributed by atoms with van der Waals surface area (Å²) in [5.41, 5.74) is 8.96. The zero-order valence-corrected chi connectivity index (χ0v) is 22.1. The van der Waals surface area contributed by atoms with Crippen molar-refractivity contribution in [2.24, 2.45) is 0 Å². The van der Waals surface area contributed by atoms with Gasteiger partial charge in [-0.1, -0.05) is 74.0 Å². The zero-order valence-electron chi connectivity index (χ0n) is 22.1. The molecule has 0 radical (unpaired) electrons. The van der Waals surface area contributed by atoms with Gasteiger partial charge in [0.15, 0.2) is 5.58 Å². The van der Waals surface area contributed by atoms with E-state index >= 15 is 0 Å². The minimum absolute atomic E-state index is 0.583. The van der Waals surface area contributed by atoms with Crippen LogP contribution in [0, 0.1) is 0 Å². The Labute approximate surface area is 230 Å². The third kappa shape index (κ3) is 4.43. The van der Waals surface area contributed by atoms with Gasteiger partial charge in [0, 0.05) is 24.1 Å². The van der Waals surface area contributed by atoms with Crippen LogP contribution in [-0.2, 0) is 13.0 Å². The van der Waals surface area contributed by atoms with E-state index in [0.29, 0.717) is 11.7 Å². The molecular formula is C32H27N7O. The highest BCUT2D eigenvalue weighted by Crippen LogP contribution is 2.31. The van der Waals surface area contributed by atoms with Crippen LogP contribution in [0.25, 0.3) is 56.1 Å². The van der Waals surface area contributed by atoms with E-state index in [4.69, 9.17) is 14.4 Å². The molecule has 0 aliphatic carbocycles. The summed E-state index contributed by atoms with van der Waals surface area (Å²) in [5.74, 6) is 2.30. The van der Waals surface area contributed by atoms with Crippen LogP contribution >= 0.6 is 0 Å². The van der Waals surface area contributed by atoms with Gasteiger partial charge in [0.2, 0.25) is 11.7 Å². The van der Waals surface area contributed by atoms with Crippen molar-refractivity contribution in [2.45, 2.75) is 32.7 Å². The van der Waals surface area contributed by atoms with Gasteiger partial charge in [0.05, 0.1) is 11.0 Å². The van der Waals surface area contributed by atoms with Crippen LogP contribution in [0.3, 0.4) is 0 Å². The number of unbranched alkanes of at least 4 members (excludes halogenated alkanes) is 1. The standard InChI is InChI=1S/C32H27N7O/c1-2-3-12-30-33-26-18-17-23(32-34-27-10-6-7-11-29(27)40-32)19-28(26)39(30)20-21-13-15-22(16-14-21)24-8-4-5-9-25(24)31-35-37-38-36-31/h4-11,13-19H,2-3,12,20H2,1H3,(H,35,36,37,38). The lowest BCUT2D eigenvalue weighted by Crippen LogP contribution is -2.05. The number of tetrazole rings is 1. The lowest BCUT2D eigenvalue weighted by atomic mass is 9.98. The van der Waals surface area contributed by atoms with Crippen LogP contribution in [0.5, 0.6) is 0 Å². The maximum Gasteiger partial charge on any atom is 0.227 e. The normalized spacial score (nSPS) is 11.5. The molecule has 196 valence electrons. The van der Waals surface area contributed by atoms with Crippen molar-refractivity contribution in [1.29, 1.82) is 0 Å². The van der Waals surface area contributed by atoms with E-state index in [2.05, 4.69) is 74.6 Å². The van der Waals surface area contributed by atoms with Gasteiger partial charge in [-0.3, -0.25) is 0 Å². The summed E-state index contributed by atoms with van der Waals surface area (Å²) in [5, 5.41) is 14.6. The minimum atomic E-state index is 0.583. The fourth-order valence-electron chi connectivity index (χ4n) is 5.18. The van der Waals surface area contributed by atoms with Crippen LogP contribution < -0.4 is 0 Å². The summed E-state index contributed by atoms with van der Waals surface area (Å²) < 4.78 is 8.40. The van der Waals surface area contributed by atoms with E-state index in [0.717, 1.165) is 76.0 Å². The average molecular weight is 526 g/mol. The van der Waals surface area contributed by atoms with Gasteiger partial charge in [-0.05, 0) is 58.7 Å². The summed E-state index contributed by atoms with van der Waals surface area (Å²) in [6, 6.07) is 30.9. The Kier molecular flexibility index (Phi) is 6.12. The van der Waals surface area contributed by atoms with E-state index in [1.807, 2.05) is 48.5 Å². The number of nitrogens with one attached hydrogen (secondary N) is 1. The van der Waals surface area contributed by atoms with Crippen LogP contribution in [0.1, 0.15) is 31.2 Å². The van der Waals surface area contributed by atoms with Gasteiger partial charge in [0.1, 0.15) is 11.3 Å². The van der Waals surface area contributed by atoms with E-state index in [1.54, 1.807) is 0 Å². The Morgan fingerprint density at radius 1 is 0.800 bits per heavy atom. The Morgan fingerprint density at radius 3 is 2.40 bits per heavy atom. The summed E-state index contributed by atoms with van der Waals surface area (Å²) in [6.45, 7) is 2.93. The first-order chi connectivity index (χ1) is 19.8. The predicted octanol–water partition coefficient (Wildman–Crippen LogP) is 7.08. The molecule has 0 saturated heterocycles. The monoisotopic (exact) mass is 525 g/mol. The van der Waals surface area contributed by atoms with Crippen molar-refractivity contribution in [2.75, 3.05) is 0 Å². The molecule has 0 aliphatic heterocycles. The van der Waals surface area contributed by atoms with E-state index in [9.17, 15) is 0 Å². The molecule has 0 fully saturated rings. The molecule has 0 amide bonds. The highest BCUT2D eigenvalue weighted by Gasteiger charge is 2.16. The molecule has 7 rings (SSSR count). The topological polar surface area (TPSA) is 98.3 Å². The first-order valence-electron chi connectivity index (χ1n) is 13.5. The fourth-order valence-corrected chi connectivity index (χ4v) is 5.18. The quantitative estimate of drug-likeness (QED) is 0.228. The first kappa shape index (κ1) is 24.0. The van der Waals surface area contributed by atoms with Gasteiger partial charge in [0.25, 0.3) is 0 Å². The third-order valence-electron chi connectivity index (χ3n) is 7.24. The maximum absolute atomic E-state index is 6.07. The number of aromatic amines is 1. The number of H-pyrrole nitrogens is 1. The first-order valence-corrected chi connectivity index (χ1v) is 13.5. The fraction of sp³-hybridized carbons (Fsp3) is 0.156. The molecule has 3 heterocycles. The number of oxazole rings is 1. The lowest BCUT2D eigenvalue weighted by Gasteiger charge is -2.11. The number of benzene rings is 4. The van der Waals surface area contributed by atoms with Gasteiger partial charge in [-0.15, -0.1) is 10.2 Å². The average Bonchev–Trinajstić information content (AvgIpc) is 3.76. The SMILES string of the molecule is CCCCc1nc2ccc(-c3nc4ccccc4o3)cc2n1Cc1ccc(-c2ccccc2-c2nn[nH]n2)cc1. The van der Waals surface area contributed by atoms with Crippen LogP contribution in [0.4, 0.5) is 0 Å². The van der Waals surface area contributed by atoms with Crippen molar-refractivity contribution in [3.05, 3.63) is 102 Å². The Hall–Kier alpha value is -5.11. The molecule has 1 N–H and O–H groups in total. The van der Waals surface area contributed by atoms with Crippen LogP contribution in [0.15, 0.2) is 95.4 Å². The summed E-state index contributed by atoms with van der Waals surface area (Å²) >= 11 is 0. The van der Waals surface area contributed by atoms with E-state index in [1.165, 1.54) is 5.56 Å². The van der Waals surface area contributed by atoms with E-state index in [-0.39, 0.29) is 0 Å². The molecule has 0 saturated carbocycles. The van der Waals surface area contributed by atoms with Crippen molar-refractivity contribution in [1.82, 2.24) is 35.2 Å². The van der Waals surface area contributed by atoms with E-state index < -0.39 is 0 Å². The number of hydrogen-bond acceptors (Lipinski definition) is 6. The third-order valence-corrected chi connectivity index (χ3v) is 7.24. The predicted molar refractivity (Wildman–Crippen MR) is 155 cm³/mol. The summed E-state index contributed by atoms with van der Waals surface area (Å²) in [4.78, 5) is 9.73. The maximum atomic E-state index is 6.07. The molecule has 7 aromatic rings. The molecule has 0 bridgehead atoms. The molecule has 0 spiro atoms. The van der Waals surface area contributed by atoms with Crippen molar-refractivity contribution in [3.63, 3.8) is 0 Å². The Bertz CT molecular complexity index is 1880. The summed E-state index contributed by atoms with van der Waals surface area (Å²) in [6.07, 6.45) is 3.14. The van der Waals surface area contributed by atoms with Crippen LogP contribution in [0.2, 0.25) is 0 Å². The lowest BCUT2D eigenvalue weighted by molar-refractivity contribution is 0.620. The molecule has 3 aromatic heterocycles. The number of hydrogen-bond donors (Lipinski definition) is 1. The highest BCUT2D eigenvalue weighted by molar-refractivity contribution is 5.83. The van der Waals surface area contributed by atoms with Gasteiger partial charge in [-0.2, -0.15) is 5.21 Å². The Balaban J connectivity index is 1.25. The van der Waals surface area contributed by atoms with Crippen molar-refractivity contribution in [3.8, 4) is 34.0 Å². The number of fused-ring (bicyclic) bond motifs is 2. The molecule has 0 unspecified atom stereocenters. The Morgan fingerprint density at radius 2 is 1.60 bits per heavy atom. The number of aryl methyl sites for hydroxylation is 1. The van der Waals surface area contributed by atoms with Gasteiger partial charge in [-0.25, -0.2) is 9.97 Å². The van der Waals surface area contributed by atoms with Crippen molar-refractivity contribution < 1.29 is 4.42 Å². The minimum Gasteiger partial charge on any atom is -0.436 e. The largest absolute Gasteiger partial charge is 0.436 e. The molecule has 0 aliphatic rings. The summed E-state index contributed by atoms with van der Waals surface area (Å²) in [7, 11) is 0. The second kappa shape index (κ2) is 10.2. The second-order valence-electron chi connectivity index (χ2n) is 9.89. The molecule has 8 nitrogen and oxygen atoms in total. The number of para-hydroxylation sites is 2. The zero-order chi connectivity index (χ0) is 26.9. The van der Waals surface area contributed by atoms with Crippen LogP contribution in [-0.4, -0.2) is 35.2 Å². The number of nitrogens with zero attached hydrogens (tertiary/aromatic N) is 6. The number of rotatable bonds is 8. The second-order valence-corrected chi connectivity index (χ2v) is 9.89. The molecular weight excluding hydrogens is 498 g/mol. The molecule has 40 heavy (non-hydrogen) atoms. The molecule has 0 atom stereocenters.